The average Bonchev–Trinajstić information content (AvgIpc) is 2.46. The van der Waals surface area contributed by atoms with Gasteiger partial charge in [0.15, 0.2) is 0 Å². The molecule has 1 saturated heterocycles. The Labute approximate surface area is 125 Å². The van der Waals surface area contributed by atoms with E-state index in [4.69, 9.17) is 11.6 Å². The second-order valence-electron chi connectivity index (χ2n) is 4.83. The largest absolute Gasteiger partial charge is 0.300 e. The van der Waals surface area contributed by atoms with E-state index >= 15 is 0 Å². The first kappa shape index (κ1) is 15.7. The topological polar surface area (TPSA) is 52.7 Å². The number of rotatable bonds is 5. The van der Waals surface area contributed by atoms with Gasteiger partial charge in [0.1, 0.15) is 0 Å². The standard InChI is InChI=1S/C13H20ClN3O2S/c1-15-20(18,19)17-9-7-16(8-10-17)6-5-12-3-2-4-13(14)11-12/h2-4,11,15H,5-10H2,1H3. The number of hydrogen-bond acceptors (Lipinski definition) is 3. The van der Waals surface area contributed by atoms with Crippen LogP contribution in [0.1, 0.15) is 5.56 Å². The number of nitrogens with one attached hydrogen (secondary N) is 1. The zero-order valence-electron chi connectivity index (χ0n) is 11.5. The minimum absolute atomic E-state index is 0.540. The van der Waals surface area contributed by atoms with E-state index in [2.05, 4.69) is 15.7 Å². The molecule has 0 radical (unpaired) electrons. The molecule has 0 saturated carbocycles. The van der Waals surface area contributed by atoms with Crippen molar-refractivity contribution in [2.45, 2.75) is 6.42 Å². The predicted molar refractivity (Wildman–Crippen MR) is 81.1 cm³/mol. The lowest BCUT2D eigenvalue weighted by Crippen LogP contribution is -2.51. The summed E-state index contributed by atoms with van der Waals surface area (Å²) in [6.07, 6.45) is 0.930. The maximum atomic E-state index is 11.7. The fourth-order valence-electron chi connectivity index (χ4n) is 2.30. The zero-order valence-corrected chi connectivity index (χ0v) is 13.1. The maximum absolute atomic E-state index is 11.7. The number of benzene rings is 1. The van der Waals surface area contributed by atoms with Crippen molar-refractivity contribution in [2.24, 2.45) is 0 Å². The van der Waals surface area contributed by atoms with Crippen LogP contribution >= 0.6 is 11.6 Å². The molecule has 0 bridgehead atoms. The molecule has 1 aromatic carbocycles. The van der Waals surface area contributed by atoms with Crippen LogP contribution in [0.15, 0.2) is 24.3 Å². The van der Waals surface area contributed by atoms with Crippen molar-refractivity contribution in [1.82, 2.24) is 13.9 Å². The van der Waals surface area contributed by atoms with Crippen molar-refractivity contribution in [3.05, 3.63) is 34.9 Å². The van der Waals surface area contributed by atoms with Gasteiger partial charge in [-0.25, -0.2) is 4.72 Å². The Kier molecular flexibility index (Phi) is 5.40. The van der Waals surface area contributed by atoms with Gasteiger partial charge in [-0.1, -0.05) is 23.7 Å². The Bertz CT molecular complexity index is 542. The van der Waals surface area contributed by atoms with Gasteiger partial charge in [-0.3, -0.25) is 0 Å². The molecule has 1 heterocycles. The highest BCUT2D eigenvalue weighted by molar-refractivity contribution is 7.87. The van der Waals surface area contributed by atoms with Gasteiger partial charge in [-0.15, -0.1) is 0 Å². The normalized spacial score (nSPS) is 18.3. The molecule has 7 heteroatoms. The zero-order chi connectivity index (χ0) is 14.6. The number of halogens is 1. The van der Waals surface area contributed by atoms with E-state index in [1.165, 1.54) is 16.9 Å². The molecule has 0 spiro atoms. The molecule has 1 fully saturated rings. The Balaban J connectivity index is 1.80. The minimum Gasteiger partial charge on any atom is -0.300 e. The average molecular weight is 318 g/mol. The van der Waals surface area contributed by atoms with Gasteiger partial charge < -0.3 is 4.90 Å². The molecule has 1 N–H and O–H groups in total. The molecular weight excluding hydrogens is 298 g/mol. The summed E-state index contributed by atoms with van der Waals surface area (Å²) in [4.78, 5) is 2.28. The van der Waals surface area contributed by atoms with E-state index in [9.17, 15) is 8.42 Å². The minimum atomic E-state index is -3.28. The highest BCUT2D eigenvalue weighted by atomic mass is 35.5. The third kappa shape index (κ3) is 4.17. The maximum Gasteiger partial charge on any atom is 0.279 e. The van der Waals surface area contributed by atoms with Crippen LogP contribution in [-0.4, -0.2) is 57.4 Å². The van der Waals surface area contributed by atoms with Crippen LogP contribution in [0.2, 0.25) is 5.02 Å². The fourth-order valence-corrected chi connectivity index (χ4v) is 3.42. The Morgan fingerprint density at radius 1 is 1.25 bits per heavy atom. The Morgan fingerprint density at radius 2 is 1.95 bits per heavy atom. The van der Waals surface area contributed by atoms with Crippen LogP contribution in [0.3, 0.4) is 0 Å². The van der Waals surface area contributed by atoms with Gasteiger partial charge in [0.25, 0.3) is 10.2 Å². The molecule has 5 nitrogen and oxygen atoms in total. The fraction of sp³-hybridized carbons (Fsp3) is 0.538. The summed E-state index contributed by atoms with van der Waals surface area (Å²) in [5.41, 5.74) is 1.21. The van der Waals surface area contributed by atoms with Gasteiger partial charge in [0.2, 0.25) is 0 Å². The van der Waals surface area contributed by atoms with Crippen LogP contribution in [-0.2, 0) is 16.6 Å². The van der Waals surface area contributed by atoms with Crippen LogP contribution in [0.5, 0.6) is 0 Å². The van der Waals surface area contributed by atoms with E-state index in [-0.39, 0.29) is 0 Å². The molecule has 112 valence electrons. The van der Waals surface area contributed by atoms with Gasteiger partial charge in [0, 0.05) is 44.8 Å². The summed E-state index contributed by atoms with van der Waals surface area (Å²) in [7, 11) is -1.83. The van der Waals surface area contributed by atoms with Gasteiger partial charge in [0.05, 0.1) is 0 Å². The van der Waals surface area contributed by atoms with Crippen molar-refractivity contribution in [3.63, 3.8) is 0 Å². The van der Waals surface area contributed by atoms with Gasteiger partial charge in [-0.05, 0) is 24.1 Å². The molecule has 0 amide bonds. The summed E-state index contributed by atoms with van der Waals surface area (Å²) in [6, 6.07) is 7.86. The smallest absolute Gasteiger partial charge is 0.279 e. The molecule has 2 rings (SSSR count). The summed E-state index contributed by atoms with van der Waals surface area (Å²) in [5.74, 6) is 0. The summed E-state index contributed by atoms with van der Waals surface area (Å²) in [6.45, 7) is 3.54. The molecular formula is C13H20ClN3O2S. The Hall–Kier alpha value is -0.660. The van der Waals surface area contributed by atoms with Crippen molar-refractivity contribution in [2.75, 3.05) is 39.8 Å². The first-order chi connectivity index (χ1) is 9.51. The van der Waals surface area contributed by atoms with E-state index in [1.54, 1.807) is 0 Å². The van der Waals surface area contributed by atoms with E-state index in [1.807, 2.05) is 18.2 Å². The molecule has 1 aliphatic heterocycles. The predicted octanol–water partition coefficient (Wildman–Crippen LogP) is 0.964. The summed E-state index contributed by atoms with van der Waals surface area (Å²) >= 11 is 5.96. The van der Waals surface area contributed by atoms with Gasteiger partial charge in [-0.2, -0.15) is 12.7 Å². The van der Waals surface area contributed by atoms with Crippen LogP contribution in [0, 0.1) is 0 Å². The lowest BCUT2D eigenvalue weighted by atomic mass is 10.1. The number of nitrogens with zero attached hydrogens (tertiary/aromatic N) is 2. The lowest BCUT2D eigenvalue weighted by molar-refractivity contribution is 0.189. The van der Waals surface area contributed by atoms with Crippen molar-refractivity contribution in [1.29, 1.82) is 0 Å². The van der Waals surface area contributed by atoms with Gasteiger partial charge >= 0.3 is 0 Å². The second-order valence-corrected chi connectivity index (χ2v) is 7.14. The quantitative estimate of drug-likeness (QED) is 0.880. The van der Waals surface area contributed by atoms with Crippen LogP contribution in [0.25, 0.3) is 0 Å². The molecule has 1 aliphatic rings. The SMILES string of the molecule is CNS(=O)(=O)N1CCN(CCc2cccc(Cl)c2)CC1. The van der Waals surface area contributed by atoms with Crippen molar-refractivity contribution in [3.8, 4) is 0 Å². The molecule has 0 atom stereocenters. The second kappa shape index (κ2) is 6.87. The van der Waals surface area contributed by atoms with E-state index < -0.39 is 10.2 Å². The number of hydrogen-bond donors (Lipinski definition) is 1. The van der Waals surface area contributed by atoms with Crippen LogP contribution < -0.4 is 4.72 Å². The highest BCUT2D eigenvalue weighted by Gasteiger charge is 2.25. The summed E-state index contributed by atoms with van der Waals surface area (Å²) in [5, 5.41) is 0.757. The van der Waals surface area contributed by atoms with E-state index in [0.717, 1.165) is 31.1 Å². The highest BCUT2D eigenvalue weighted by Crippen LogP contribution is 2.12. The van der Waals surface area contributed by atoms with Crippen LogP contribution in [0.4, 0.5) is 0 Å². The molecule has 0 aliphatic carbocycles. The first-order valence-corrected chi connectivity index (χ1v) is 8.48. The van der Waals surface area contributed by atoms with Crippen molar-refractivity contribution >= 4 is 21.8 Å². The molecule has 20 heavy (non-hydrogen) atoms. The Morgan fingerprint density at radius 3 is 2.55 bits per heavy atom. The van der Waals surface area contributed by atoms with E-state index in [0.29, 0.717) is 13.1 Å². The molecule has 1 aromatic rings. The molecule has 0 aromatic heterocycles. The third-order valence-corrected chi connectivity index (χ3v) is 5.33. The number of piperazine rings is 1. The third-order valence-electron chi connectivity index (χ3n) is 3.53. The van der Waals surface area contributed by atoms with Crippen molar-refractivity contribution < 1.29 is 8.42 Å². The monoisotopic (exact) mass is 317 g/mol. The molecule has 0 unspecified atom stereocenters. The first-order valence-electron chi connectivity index (χ1n) is 6.67. The lowest BCUT2D eigenvalue weighted by Gasteiger charge is -2.33. The summed E-state index contributed by atoms with van der Waals surface area (Å²) < 4.78 is 27.2.